The summed E-state index contributed by atoms with van der Waals surface area (Å²) in [7, 11) is 0. The lowest BCUT2D eigenvalue weighted by atomic mass is 9.94. The second-order valence-corrected chi connectivity index (χ2v) is 4.42. The summed E-state index contributed by atoms with van der Waals surface area (Å²) in [5.41, 5.74) is 1.21. The van der Waals surface area contributed by atoms with Crippen LogP contribution in [-0.2, 0) is 11.2 Å². The molecule has 0 saturated carbocycles. The van der Waals surface area contributed by atoms with Gasteiger partial charge < -0.3 is 5.11 Å². The predicted molar refractivity (Wildman–Crippen MR) is 64.3 cm³/mol. The average Bonchev–Trinajstić information content (AvgIpc) is 2.18. The van der Waals surface area contributed by atoms with E-state index in [-0.39, 0.29) is 12.3 Å². The van der Waals surface area contributed by atoms with Gasteiger partial charge in [0.1, 0.15) is 0 Å². The number of alkyl halides is 1. The first-order valence-corrected chi connectivity index (χ1v) is 6.16. The molecule has 1 rings (SSSR count). The van der Waals surface area contributed by atoms with Crippen LogP contribution in [0, 0.1) is 5.92 Å². The van der Waals surface area contributed by atoms with Gasteiger partial charge >= 0.3 is 5.97 Å². The molecule has 0 aliphatic carbocycles. The van der Waals surface area contributed by atoms with Crippen LogP contribution < -0.4 is 0 Å². The van der Waals surface area contributed by atoms with Gasteiger partial charge in [0.15, 0.2) is 0 Å². The molecule has 0 aromatic heterocycles. The van der Waals surface area contributed by atoms with E-state index in [0.717, 1.165) is 18.2 Å². The monoisotopic (exact) mass is 270 g/mol. The van der Waals surface area contributed by atoms with Crippen LogP contribution in [0.4, 0.5) is 0 Å². The average molecular weight is 271 g/mol. The summed E-state index contributed by atoms with van der Waals surface area (Å²) in [5, 5.41) is 9.63. The summed E-state index contributed by atoms with van der Waals surface area (Å²) >= 11 is 3.36. The number of benzene rings is 1. The minimum Gasteiger partial charge on any atom is -0.481 e. The first-order valence-electron chi connectivity index (χ1n) is 5.04. The molecular formula is C12H15BrO2. The van der Waals surface area contributed by atoms with Crippen LogP contribution in [-0.4, -0.2) is 16.4 Å². The number of carboxylic acid groups (broad SMARTS) is 1. The Labute approximate surface area is 98.4 Å². The zero-order valence-corrected chi connectivity index (χ0v) is 10.1. The van der Waals surface area contributed by atoms with Gasteiger partial charge in [-0.2, -0.15) is 0 Å². The fourth-order valence-electron chi connectivity index (χ4n) is 1.62. The molecule has 0 fully saturated rings. The van der Waals surface area contributed by atoms with Gasteiger partial charge in [0.05, 0.1) is 0 Å². The Morgan fingerprint density at radius 1 is 1.33 bits per heavy atom. The van der Waals surface area contributed by atoms with E-state index in [1.165, 1.54) is 5.56 Å². The molecule has 1 N–H and O–H groups in total. The molecule has 1 aromatic carbocycles. The number of hydrogen-bond acceptors (Lipinski definition) is 1. The van der Waals surface area contributed by atoms with Crippen LogP contribution >= 0.6 is 15.9 Å². The van der Waals surface area contributed by atoms with Gasteiger partial charge in [0, 0.05) is 11.8 Å². The van der Waals surface area contributed by atoms with Gasteiger partial charge in [-0.05, 0) is 24.3 Å². The third-order valence-corrected chi connectivity index (χ3v) is 2.81. The fraction of sp³-hybridized carbons (Fsp3) is 0.417. The molecular weight excluding hydrogens is 256 g/mol. The molecule has 0 spiro atoms. The van der Waals surface area contributed by atoms with Crippen molar-refractivity contribution in [2.75, 3.05) is 5.33 Å². The molecule has 0 amide bonds. The molecule has 1 aromatic rings. The largest absolute Gasteiger partial charge is 0.481 e. The molecule has 2 nitrogen and oxygen atoms in total. The number of halogens is 1. The quantitative estimate of drug-likeness (QED) is 0.807. The second-order valence-electron chi connectivity index (χ2n) is 3.63. The summed E-state index contributed by atoms with van der Waals surface area (Å²) in [6.07, 6.45) is 2.00. The molecule has 82 valence electrons. The van der Waals surface area contributed by atoms with Crippen molar-refractivity contribution >= 4 is 21.9 Å². The SMILES string of the molecule is O=C(O)CC(CCBr)Cc1ccccc1. The maximum absolute atomic E-state index is 10.7. The van der Waals surface area contributed by atoms with Gasteiger partial charge in [-0.25, -0.2) is 0 Å². The highest BCUT2D eigenvalue weighted by atomic mass is 79.9. The van der Waals surface area contributed by atoms with Crippen LogP contribution in [0.25, 0.3) is 0 Å². The molecule has 0 radical (unpaired) electrons. The van der Waals surface area contributed by atoms with E-state index < -0.39 is 5.97 Å². The van der Waals surface area contributed by atoms with E-state index in [1.807, 2.05) is 30.3 Å². The van der Waals surface area contributed by atoms with Crippen molar-refractivity contribution in [2.24, 2.45) is 5.92 Å². The molecule has 3 heteroatoms. The van der Waals surface area contributed by atoms with Crippen molar-refractivity contribution in [2.45, 2.75) is 19.3 Å². The van der Waals surface area contributed by atoms with E-state index in [2.05, 4.69) is 15.9 Å². The Balaban J connectivity index is 2.54. The predicted octanol–water partition coefficient (Wildman–Crippen LogP) is 3.11. The number of rotatable bonds is 6. The Morgan fingerprint density at radius 2 is 2.00 bits per heavy atom. The topological polar surface area (TPSA) is 37.3 Å². The van der Waals surface area contributed by atoms with Crippen molar-refractivity contribution in [3.8, 4) is 0 Å². The summed E-state index contributed by atoms with van der Waals surface area (Å²) in [5.74, 6) is -0.485. The zero-order chi connectivity index (χ0) is 11.1. The van der Waals surface area contributed by atoms with Gasteiger partial charge in [-0.1, -0.05) is 46.3 Å². The van der Waals surface area contributed by atoms with E-state index in [4.69, 9.17) is 5.11 Å². The lowest BCUT2D eigenvalue weighted by Crippen LogP contribution is -2.11. The first kappa shape index (κ1) is 12.2. The maximum Gasteiger partial charge on any atom is 0.303 e. The van der Waals surface area contributed by atoms with Crippen molar-refractivity contribution in [3.63, 3.8) is 0 Å². The highest BCUT2D eigenvalue weighted by Crippen LogP contribution is 2.17. The molecule has 1 atom stereocenters. The number of aliphatic carboxylic acids is 1. The normalized spacial score (nSPS) is 12.3. The third kappa shape index (κ3) is 4.98. The van der Waals surface area contributed by atoms with Crippen molar-refractivity contribution in [3.05, 3.63) is 35.9 Å². The van der Waals surface area contributed by atoms with Gasteiger partial charge in [-0.3, -0.25) is 4.79 Å². The van der Waals surface area contributed by atoms with E-state index >= 15 is 0 Å². The van der Waals surface area contributed by atoms with Gasteiger partial charge in [0.2, 0.25) is 0 Å². The van der Waals surface area contributed by atoms with E-state index in [1.54, 1.807) is 0 Å². The summed E-state index contributed by atoms with van der Waals surface area (Å²) < 4.78 is 0. The number of carboxylic acids is 1. The fourth-order valence-corrected chi connectivity index (χ4v) is 2.27. The van der Waals surface area contributed by atoms with E-state index in [9.17, 15) is 4.79 Å². The number of carbonyl (C=O) groups is 1. The molecule has 15 heavy (non-hydrogen) atoms. The van der Waals surface area contributed by atoms with Crippen LogP contribution in [0.15, 0.2) is 30.3 Å². The minimum absolute atomic E-state index is 0.226. The van der Waals surface area contributed by atoms with Gasteiger partial charge in [0.25, 0.3) is 0 Å². The summed E-state index contributed by atoms with van der Waals surface area (Å²) in [4.78, 5) is 10.7. The zero-order valence-electron chi connectivity index (χ0n) is 8.53. The molecule has 0 bridgehead atoms. The van der Waals surface area contributed by atoms with Crippen molar-refractivity contribution in [1.29, 1.82) is 0 Å². The lowest BCUT2D eigenvalue weighted by molar-refractivity contribution is -0.138. The van der Waals surface area contributed by atoms with Crippen LogP contribution in [0.2, 0.25) is 0 Å². The third-order valence-electron chi connectivity index (χ3n) is 2.35. The van der Waals surface area contributed by atoms with Crippen molar-refractivity contribution in [1.82, 2.24) is 0 Å². The summed E-state index contributed by atoms with van der Waals surface area (Å²) in [6.45, 7) is 0. The summed E-state index contributed by atoms with van der Waals surface area (Å²) in [6, 6.07) is 10.0. The van der Waals surface area contributed by atoms with Gasteiger partial charge in [-0.15, -0.1) is 0 Å². The Kier molecular flexibility index (Phi) is 5.40. The van der Waals surface area contributed by atoms with E-state index in [0.29, 0.717) is 0 Å². The molecule has 0 aliphatic heterocycles. The molecule has 1 unspecified atom stereocenters. The Hall–Kier alpha value is -0.830. The molecule has 0 aliphatic rings. The standard InChI is InChI=1S/C12H15BrO2/c13-7-6-11(9-12(14)15)8-10-4-2-1-3-5-10/h1-5,11H,6-9H2,(H,14,15). The van der Waals surface area contributed by atoms with Crippen LogP contribution in [0.5, 0.6) is 0 Å². The lowest BCUT2D eigenvalue weighted by Gasteiger charge is -2.13. The highest BCUT2D eigenvalue weighted by molar-refractivity contribution is 9.09. The molecule has 0 saturated heterocycles. The van der Waals surface area contributed by atoms with Crippen LogP contribution in [0.1, 0.15) is 18.4 Å². The van der Waals surface area contributed by atoms with Crippen molar-refractivity contribution < 1.29 is 9.90 Å². The molecule has 0 heterocycles. The maximum atomic E-state index is 10.7. The Bertz CT molecular complexity index is 298. The highest BCUT2D eigenvalue weighted by Gasteiger charge is 2.12. The second kappa shape index (κ2) is 6.62. The Morgan fingerprint density at radius 3 is 2.53 bits per heavy atom. The van der Waals surface area contributed by atoms with Crippen LogP contribution in [0.3, 0.4) is 0 Å². The minimum atomic E-state index is -0.711. The smallest absolute Gasteiger partial charge is 0.303 e. The first-order chi connectivity index (χ1) is 7.22. The number of hydrogen-bond donors (Lipinski definition) is 1.